The summed E-state index contributed by atoms with van der Waals surface area (Å²) in [5, 5.41) is 5.83. The third-order valence-electron chi connectivity index (χ3n) is 6.25. The third kappa shape index (κ3) is 4.06. The van der Waals surface area contributed by atoms with E-state index in [1.54, 1.807) is 17.5 Å². The maximum Gasteiger partial charge on any atom is 0.259 e. The monoisotopic (exact) mass is 445 g/mol. The fraction of sp³-hybridized carbons (Fsp3) is 0.320. The van der Waals surface area contributed by atoms with Gasteiger partial charge in [-0.25, -0.2) is 9.97 Å². The Kier molecular flexibility index (Phi) is 5.53. The van der Waals surface area contributed by atoms with Crippen molar-refractivity contribution >= 4 is 33.6 Å². The fourth-order valence-electron chi connectivity index (χ4n) is 4.51. The van der Waals surface area contributed by atoms with E-state index in [-0.39, 0.29) is 5.56 Å². The zero-order chi connectivity index (χ0) is 22.2. The number of thiazole rings is 1. The first-order chi connectivity index (χ1) is 15.5. The number of aromatic amines is 1. The number of piperidine rings is 1. The van der Waals surface area contributed by atoms with Crippen molar-refractivity contribution in [3.63, 3.8) is 0 Å². The quantitative estimate of drug-likeness (QED) is 0.451. The number of pyridine rings is 2. The topological polar surface area (TPSA) is 73.9 Å². The minimum atomic E-state index is -0.149. The number of hydrogen-bond acceptors (Lipinski definition) is 6. The van der Waals surface area contributed by atoms with Crippen molar-refractivity contribution in [3.05, 3.63) is 69.2 Å². The summed E-state index contributed by atoms with van der Waals surface area (Å²) in [5.74, 6) is 1.18. The number of fused-ring (bicyclic) bond motifs is 1. The van der Waals surface area contributed by atoms with Gasteiger partial charge in [0.05, 0.1) is 26.7 Å². The zero-order valence-electron chi connectivity index (χ0n) is 18.6. The smallest absolute Gasteiger partial charge is 0.259 e. The Bertz CT molecular complexity index is 1320. The number of aryl methyl sites for hydroxylation is 2. The Labute approximate surface area is 191 Å². The number of rotatable bonds is 4. The van der Waals surface area contributed by atoms with Gasteiger partial charge in [-0.05, 0) is 88.0 Å². The van der Waals surface area contributed by atoms with Gasteiger partial charge in [0.1, 0.15) is 5.82 Å². The van der Waals surface area contributed by atoms with Crippen LogP contribution in [0.2, 0.25) is 0 Å². The van der Waals surface area contributed by atoms with Crippen LogP contribution in [-0.2, 0) is 0 Å². The maximum atomic E-state index is 12.6. The van der Waals surface area contributed by atoms with E-state index in [9.17, 15) is 4.79 Å². The lowest BCUT2D eigenvalue weighted by atomic mass is 9.89. The molecular weight excluding hydrogens is 418 g/mol. The summed E-state index contributed by atoms with van der Waals surface area (Å²) in [7, 11) is 2.19. The van der Waals surface area contributed by atoms with Crippen molar-refractivity contribution in [3.8, 4) is 10.6 Å². The third-order valence-corrected chi connectivity index (χ3v) is 7.35. The first-order valence-electron chi connectivity index (χ1n) is 11.0. The van der Waals surface area contributed by atoms with Crippen LogP contribution in [0.1, 0.15) is 35.0 Å². The highest BCUT2D eigenvalue weighted by atomic mass is 32.1. The van der Waals surface area contributed by atoms with E-state index >= 15 is 0 Å². The Hall–Kier alpha value is -3.03. The Balaban J connectivity index is 1.50. The summed E-state index contributed by atoms with van der Waals surface area (Å²) in [6.45, 7) is 6.29. The SMILES string of the molecule is Cc1nc(C)c(-c2cc3cc[nH]c(=O)c3c(Nc3ccc(C4CCN(C)CC4)cc3)n2)s1. The summed E-state index contributed by atoms with van der Waals surface area (Å²) in [6.07, 6.45) is 4.07. The Morgan fingerprint density at radius 2 is 1.84 bits per heavy atom. The lowest BCUT2D eigenvalue weighted by molar-refractivity contribution is 0.255. The molecule has 1 aromatic carbocycles. The predicted molar refractivity (Wildman–Crippen MR) is 132 cm³/mol. The van der Waals surface area contributed by atoms with Gasteiger partial charge in [-0.2, -0.15) is 0 Å². The summed E-state index contributed by atoms with van der Waals surface area (Å²) in [6, 6.07) is 12.5. The first-order valence-corrected chi connectivity index (χ1v) is 11.8. The van der Waals surface area contributed by atoms with Gasteiger partial charge in [-0.3, -0.25) is 4.79 Å². The van der Waals surface area contributed by atoms with Crippen LogP contribution in [-0.4, -0.2) is 40.0 Å². The van der Waals surface area contributed by atoms with Crippen molar-refractivity contribution in [1.29, 1.82) is 0 Å². The van der Waals surface area contributed by atoms with Crippen molar-refractivity contribution in [2.75, 3.05) is 25.5 Å². The highest BCUT2D eigenvalue weighted by Crippen LogP contribution is 2.33. The largest absolute Gasteiger partial charge is 0.340 e. The van der Waals surface area contributed by atoms with Gasteiger partial charge in [0.15, 0.2) is 0 Å². The predicted octanol–water partition coefficient (Wildman–Crippen LogP) is 5.22. The van der Waals surface area contributed by atoms with Crippen molar-refractivity contribution < 1.29 is 0 Å². The van der Waals surface area contributed by atoms with Gasteiger partial charge in [0, 0.05) is 11.9 Å². The van der Waals surface area contributed by atoms with Crippen molar-refractivity contribution in [2.45, 2.75) is 32.6 Å². The molecule has 5 rings (SSSR count). The van der Waals surface area contributed by atoms with Crippen LogP contribution in [0.5, 0.6) is 0 Å². The molecule has 0 unspecified atom stereocenters. The van der Waals surface area contributed by atoms with E-state index in [0.29, 0.717) is 17.1 Å². The fourth-order valence-corrected chi connectivity index (χ4v) is 5.39. The van der Waals surface area contributed by atoms with Gasteiger partial charge in [-0.1, -0.05) is 12.1 Å². The molecular formula is C25H27N5OS. The lowest BCUT2D eigenvalue weighted by Crippen LogP contribution is -2.29. The van der Waals surface area contributed by atoms with E-state index < -0.39 is 0 Å². The van der Waals surface area contributed by atoms with Crippen molar-refractivity contribution in [2.24, 2.45) is 0 Å². The van der Waals surface area contributed by atoms with Crippen LogP contribution in [0.15, 0.2) is 47.4 Å². The Morgan fingerprint density at radius 1 is 1.09 bits per heavy atom. The van der Waals surface area contributed by atoms with Crippen LogP contribution >= 0.6 is 11.3 Å². The van der Waals surface area contributed by atoms with Crippen LogP contribution in [0.4, 0.5) is 11.5 Å². The molecule has 0 radical (unpaired) electrons. The summed E-state index contributed by atoms with van der Waals surface area (Å²) in [4.78, 5) is 28.3. The average Bonchev–Trinajstić information content (AvgIpc) is 3.13. The van der Waals surface area contributed by atoms with E-state index in [1.165, 1.54) is 18.4 Å². The van der Waals surface area contributed by atoms with Gasteiger partial charge >= 0.3 is 0 Å². The molecule has 1 aliphatic heterocycles. The molecule has 1 fully saturated rings. The van der Waals surface area contributed by atoms with E-state index in [1.807, 2.05) is 26.0 Å². The number of benzene rings is 1. The molecule has 164 valence electrons. The zero-order valence-corrected chi connectivity index (χ0v) is 19.4. The van der Waals surface area contributed by atoms with Crippen LogP contribution in [0.3, 0.4) is 0 Å². The number of likely N-dealkylation sites (tertiary alicyclic amines) is 1. The van der Waals surface area contributed by atoms with E-state index in [4.69, 9.17) is 4.98 Å². The molecule has 0 aliphatic carbocycles. The second kappa shape index (κ2) is 8.48. The molecule has 3 aromatic heterocycles. The normalized spacial score (nSPS) is 15.3. The molecule has 32 heavy (non-hydrogen) atoms. The standard InChI is InChI=1S/C25H27N5OS/c1-15-23(32-16(2)27-15)21-14-19-8-11-26-25(31)22(19)24(29-21)28-20-6-4-17(5-7-20)18-9-12-30(3)13-10-18/h4-8,11,14,18H,9-10,12-13H2,1-3H3,(H,26,31)(H,28,29). The molecule has 7 heteroatoms. The molecule has 0 spiro atoms. The number of hydrogen-bond donors (Lipinski definition) is 2. The highest BCUT2D eigenvalue weighted by molar-refractivity contribution is 7.15. The minimum absolute atomic E-state index is 0.149. The number of H-pyrrole nitrogens is 1. The Morgan fingerprint density at radius 3 is 2.53 bits per heavy atom. The second-order valence-electron chi connectivity index (χ2n) is 8.60. The minimum Gasteiger partial charge on any atom is -0.340 e. The second-order valence-corrected chi connectivity index (χ2v) is 9.80. The highest BCUT2D eigenvalue weighted by Gasteiger charge is 2.19. The molecule has 1 aliphatic rings. The summed E-state index contributed by atoms with van der Waals surface area (Å²) < 4.78 is 0. The number of aromatic nitrogens is 3. The molecule has 0 bridgehead atoms. The number of nitrogens with one attached hydrogen (secondary N) is 2. The molecule has 2 N–H and O–H groups in total. The molecule has 0 saturated carbocycles. The lowest BCUT2D eigenvalue weighted by Gasteiger charge is -2.29. The van der Waals surface area contributed by atoms with Gasteiger partial charge < -0.3 is 15.2 Å². The van der Waals surface area contributed by atoms with E-state index in [0.717, 1.165) is 45.4 Å². The van der Waals surface area contributed by atoms with Crippen LogP contribution in [0.25, 0.3) is 21.3 Å². The van der Waals surface area contributed by atoms with Crippen LogP contribution < -0.4 is 10.9 Å². The molecule has 6 nitrogen and oxygen atoms in total. The maximum absolute atomic E-state index is 12.6. The molecule has 4 heterocycles. The van der Waals surface area contributed by atoms with Crippen LogP contribution in [0, 0.1) is 13.8 Å². The first kappa shape index (κ1) is 20.8. The molecule has 0 amide bonds. The van der Waals surface area contributed by atoms with E-state index in [2.05, 4.69) is 51.5 Å². The molecule has 1 saturated heterocycles. The van der Waals surface area contributed by atoms with Gasteiger partial charge in [0.25, 0.3) is 5.56 Å². The number of nitrogens with zero attached hydrogens (tertiary/aromatic N) is 3. The number of anilines is 2. The molecule has 4 aromatic rings. The van der Waals surface area contributed by atoms with Crippen molar-refractivity contribution in [1.82, 2.24) is 19.9 Å². The summed E-state index contributed by atoms with van der Waals surface area (Å²) in [5.41, 5.74) is 3.94. The van der Waals surface area contributed by atoms with Gasteiger partial charge in [-0.15, -0.1) is 11.3 Å². The summed E-state index contributed by atoms with van der Waals surface area (Å²) >= 11 is 1.62. The molecule has 0 atom stereocenters. The van der Waals surface area contributed by atoms with Gasteiger partial charge in [0.2, 0.25) is 0 Å². The average molecular weight is 446 g/mol.